The fraction of sp³-hybridized carbons (Fsp3) is 0.942. The van der Waals surface area contributed by atoms with Crippen LogP contribution < -0.4 is 0 Å². The zero-order chi connectivity index (χ0) is 72.5. The minimum Gasteiger partial charge on any atom is -0.460 e. The Morgan fingerprint density at radius 1 is 0.316 bits per heavy atom. The average molecular weight is 1470 g/mol. The van der Waals surface area contributed by atoms with E-state index < -0.39 is 160 Å². The molecule has 566 valence electrons. The zero-order valence-corrected chi connectivity index (χ0v) is 52.5. The number of hydrogen-bond donors (Lipinski definition) is 0. The Hall–Kier alpha value is -3.31. The summed E-state index contributed by atoms with van der Waals surface area (Å²) in [5.41, 5.74) is 0. The molecule has 43 heteroatoms. The summed E-state index contributed by atoms with van der Waals surface area (Å²) < 4.78 is 369. The SMILES string of the molecule is COCCOCCOCCOCCOCCOCCOCCOCCOCCOCCOCCOCCSC(C(=O)OC(C)COCC(F)(F)C(F)(F)C(F)(F)F)C(CC(=O)OC(C)COCC(F)(F)C(F)(F)C(F)(F)F)C(=O)OC(C)COCC(F)(F)C(F)(F)C(F)(F)F. The second kappa shape index (κ2) is 46.9. The summed E-state index contributed by atoms with van der Waals surface area (Å²) in [4.78, 5) is 40.6. The van der Waals surface area contributed by atoms with Crippen molar-refractivity contribution in [3.8, 4) is 0 Å². The molecule has 0 radical (unpaired) electrons. The number of carbonyl (C=O) groups is 3. The zero-order valence-electron chi connectivity index (χ0n) is 51.7. The molecule has 0 rings (SSSR count). The summed E-state index contributed by atoms with van der Waals surface area (Å²) >= 11 is 0.288. The second-order valence-corrected chi connectivity index (χ2v) is 20.8. The number of ether oxygens (including phenoxy) is 18. The standard InChI is InChI=1S/C52H79F21O21S/c1-36(30-89-33-44(53,54)47(59,60)50(65,66)67)92-40(74)29-39(42(75)93-37(2)31-90-34-45(55,56)48(61,62)51(68,69)70)41(43(76)94-38(3)32-91-35-46(57,58)49(63,64)52(71,72)73)95-28-27-88-26-25-87-24-23-86-22-21-85-20-19-84-18-17-83-16-15-82-14-13-81-12-11-80-10-9-79-8-7-78-6-5-77-4/h36-39,41H,5-35H2,1-4H3. The molecule has 0 aliphatic carbocycles. The van der Waals surface area contributed by atoms with Crippen LogP contribution in [0.1, 0.15) is 27.2 Å². The van der Waals surface area contributed by atoms with E-state index in [9.17, 15) is 107 Å². The van der Waals surface area contributed by atoms with Gasteiger partial charge in [0.2, 0.25) is 0 Å². The third-order valence-corrected chi connectivity index (χ3v) is 12.6. The Bertz CT molecular complexity index is 2020. The Morgan fingerprint density at radius 3 is 0.800 bits per heavy atom. The van der Waals surface area contributed by atoms with Crippen molar-refractivity contribution >= 4 is 29.7 Å². The maximum Gasteiger partial charge on any atom is 0.459 e. The van der Waals surface area contributed by atoms with E-state index in [1.54, 1.807) is 7.11 Å². The van der Waals surface area contributed by atoms with Gasteiger partial charge < -0.3 is 85.3 Å². The maximum absolute atomic E-state index is 13.9. The fourth-order valence-electron chi connectivity index (χ4n) is 6.40. The number of hydrogen-bond acceptors (Lipinski definition) is 22. The normalized spacial score (nSPS) is 15.0. The first-order valence-corrected chi connectivity index (χ1v) is 29.4. The van der Waals surface area contributed by atoms with E-state index in [-0.39, 0.29) is 71.2 Å². The number of alkyl halides is 21. The number of halogens is 21. The van der Waals surface area contributed by atoms with Gasteiger partial charge in [-0.3, -0.25) is 14.4 Å². The van der Waals surface area contributed by atoms with Crippen LogP contribution in [0.2, 0.25) is 0 Å². The van der Waals surface area contributed by atoms with Gasteiger partial charge in [0.05, 0.1) is 184 Å². The van der Waals surface area contributed by atoms with E-state index in [1.807, 2.05) is 0 Å². The minimum atomic E-state index is -6.80. The molecule has 5 atom stereocenters. The number of carbonyl (C=O) groups excluding carboxylic acids is 3. The predicted molar refractivity (Wildman–Crippen MR) is 282 cm³/mol. The third kappa shape index (κ3) is 37.6. The molecular formula is C52H79F21O21S. The van der Waals surface area contributed by atoms with E-state index in [4.69, 9.17) is 71.1 Å². The molecule has 0 aromatic carbocycles. The van der Waals surface area contributed by atoms with Gasteiger partial charge in [-0.05, 0) is 20.8 Å². The van der Waals surface area contributed by atoms with Crippen molar-refractivity contribution in [2.45, 2.75) is 105 Å². The van der Waals surface area contributed by atoms with Gasteiger partial charge in [-0.25, -0.2) is 0 Å². The Morgan fingerprint density at radius 2 is 0.547 bits per heavy atom. The number of rotatable bonds is 60. The molecular weight excluding hydrogens is 1390 g/mol. The summed E-state index contributed by atoms with van der Waals surface area (Å²) in [6.07, 6.45) is -27.7. The topological polar surface area (TPSA) is 217 Å². The van der Waals surface area contributed by atoms with Crippen molar-refractivity contribution in [2.75, 3.05) is 204 Å². The van der Waals surface area contributed by atoms with Crippen LogP contribution in [0.4, 0.5) is 92.2 Å². The predicted octanol–water partition coefficient (Wildman–Crippen LogP) is 8.27. The Labute approximate surface area is 535 Å². The van der Waals surface area contributed by atoms with Gasteiger partial charge in [0.25, 0.3) is 0 Å². The highest BCUT2D eigenvalue weighted by Crippen LogP contribution is 2.49. The molecule has 0 aliphatic heterocycles. The molecule has 0 heterocycles. The minimum absolute atomic E-state index is 0.00961. The van der Waals surface area contributed by atoms with E-state index in [0.29, 0.717) is 85.9 Å². The van der Waals surface area contributed by atoms with Crippen LogP contribution in [-0.2, 0) is 99.6 Å². The lowest BCUT2D eigenvalue weighted by molar-refractivity contribution is -0.362. The Balaban J connectivity index is 5.45. The van der Waals surface area contributed by atoms with Gasteiger partial charge in [0, 0.05) is 12.9 Å². The van der Waals surface area contributed by atoms with Crippen molar-refractivity contribution < 1.29 is 192 Å². The van der Waals surface area contributed by atoms with Gasteiger partial charge in [-0.1, -0.05) is 0 Å². The molecule has 5 unspecified atom stereocenters. The molecule has 0 aromatic heterocycles. The lowest BCUT2D eigenvalue weighted by atomic mass is 10.0. The van der Waals surface area contributed by atoms with Crippen molar-refractivity contribution in [2.24, 2.45) is 5.92 Å². The van der Waals surface area contributed by atoms with Crippen LogP contribution in [0.15, 0.2) is 0 Å². The first-order valence-electron chi connectivity index (χ1n) is 28.4. The van der Waals surface area contributed by atoms with Crippen LogP contribution in [-0.4, -0.2) is 300 Å². The number of methoxy groups -OCH3 is 1. The van der Waals surface area contributed by atoms with E-state index >= 15 is 0 Å². The highest BCUT2D eigenvalue weighted by molar-refractivity contribution is 8.00. The molecule has 0 fully saturated rings. The molecule has 0 N–H and O–H groups in total. The fourth-order valence-corrected chi connectivity index (χ4v) is 7.50. The highest BCUT2D eigenvalue weighted by Gasteiger charge is 2.75. The smallest absolute Gasteiger partial charge is 0.459 e. The summed E-state index contributed by atoms with van der Waals surface area (Å²) in [6, 6.07) is 0. The quantitative estimate of drug-likeness (QED) is 0.0242. The monoisotopic (exact) mass is 1470 g/mol. The van der Waals surface area contributed by atoms with Crippen molar-refractivity contribution in [1.82, 2.24) is 0 Å². The summed E-state index contributed by atoms with van der Waals surface area (Å²) in [5.74, 6) is -45.9. The summed E-state index contributed by atoms with van der Waals surface area (Å²) in [5, 5.41) is -2.23. The summed E-state index contributed by atoms with van der Waals surface area (Å²) in [6.45, 7) is -4.21. The van der Waals surface area contributed by atoms with E-state index in [0.717, 1.165) is 20.8 Å². The maximum atomic E-state index is 13.9. The molecule has 0 aromatic rings. The van der Waals surface area contributed by atoms with Gasteiger partial charge in [0.1, 0.15) is 43.4 Å². The van der Waals surface area contributed by atoms with E-state index in [2.05, 4.69) is 14.2 Å². The molecule has 0 amide bonds. The van der Waals surface area contributed by atoms with Crippen molar-refractivity contribution in [3.05, 3.63) is 0 Å². The van der Waals surface area contributed by atoms with Gasteiger partial charge >= 0.3 is 72.0 Å². The van der Waals surface area contributed by atoms with Crippen LogP contribution in [0.3, 0.4) is 0 Å². The van der Waals surface area contributed by atoms with Gasteiger partial charge in [-0.2, -0.15) is 92.2 Å². The lowest BCUT2D eigenvalue weighted by Gasteiger charge is -2.29. The lowest BCUT2D eigenvalue weighted by Crippen LogP contribution is -2.54. The third-order valence-electron chi connectivity index (χ3n) is 11.3. The highest BCUT2D eigenvalue weighted by atomic mass is 32.2. The van der Waals surface area contributed by atoms with Gasteiger partial charge in [-0.15, -0.1) is 11.8 Å². The van der Waals surface area contributed by atoms with Crippen molar-refractivity contribution in [1.29, 1.82) is 0 Å². The summed E-state index contributed by atoms with van der Waals surface area (Å²) in [7, 11) is 1.59. The number of thioether (sulfide) groups is 1. The molecule has 21 nitrogen and oxygen atoms in total. The Kier molecular flexibility index (Phi) is 45.3. The first-order chi connectivity index (χ1) is 44.1. The van der Waals surface area contributed by atoms with Crippen LogP contribution in [0, 0.1) is 5.92 Å². The average Bonchev–Trinajstić information content (AvgIpc) is 0.801. The molecule has 0 aliphatic rings. The molecule has 95 heavy (non-hydrogen) atoms. The van der Waals surface area contributed by atoms with Crippen LogP contribution in [0.25, 0.3) is 0 Å². The largest absolute Gasteiger partial charge is 0.460 e. The van der Waals surface area contributed by atoms with Crippen molar-refractivity contribution in [3.63, 3.8) is 0 Å². The van der Waals surface area contributed by atoms with Gasteiger partial charge in [0.15, 0.2) is 0 Å². The van der Waals surface area contributed by atoms with Crippen LogP contribution >= 0.6 is 11.8 Å². The van der Waals surface area contributed by atoms with E-state index in [1.165, 1.54) is 0 Å². The van der Waals surface area contributed by atoms with Crippen LogP contribution in [0.5, 0.6) is 0 Å². The molecule has 0 bridgehead atoms. The first kappa shape index (κ1) is 91.7. The molecule has 0 saturated carbocycles. The number of esters is 3. The molecule has 0 saturated heterocycles. The second-order valence-electron chi connectivity index (χ2n) is 19.5. The molecule has 0 spiro atoms.